The number of aromatic nitrogens is 2. The fourth-order valence-electron chi connectivity index (χ4n) is 4.46. The summed E-state index contributed by atoms with van der Waals surface area (Å²) in [4.78, 5) is 9.61. The molecule has 1 heterocycles. The van der Waals surface area contributed by atoms with E-state index in [9.17, 15) is 0 Å². The maximum atomic E-state index is 6.05. The van der Waals surface area contributed by atoms with E-state index in [2.05, 4.69) is 51.2 Å². The van der Waals surface area contributed by atoms with Crippen LogP contribution in [-0.2, 0) is 12.8 Å². The Kier molecular flexibility index (Phi) is 9.17. The van der Waals surface area contributed by atoms with Gasteiger partial charge in [0.2, 0.25) is 0 Å². The molecule has 164 valence electrons. The molecule has 30 heavy (non-hydrogen) atoms. The largest absolute Gasteiger partial charge is 0.493 e. The van der Waals surface area contributed by atoms with Crippen LogP contribution in [0.15, 0.2) is 30.5 Å². The summed E-state index contributed by atoms with van der Waals surface area (Å²) in [6.07, 6.45) is 16.0. The summed E-state index contributed by atoms with van der Waals surface area (Å²) in [5, 5.41) is 0. The first kappa shape index (κ1) is 22.8. The van der Waals surface area contributed by atoms with Crippen LogP contribution in [0.4, 0.5) is 0 Å². The summed E-state index contributed by atoms with van der Waals surface area (Å²) in [5.41, 5.74) is 3.70. The van der Waals surface area contributed by atoms with Crippen LogP contribution in [0.2, 0.25) is 0 Å². The van der Waals surface area contributed by atoms with Crippen molar-refractivity contribution in [2.45, 2.75) is 91.4 Å². The van der Waals surface area contributed by atoms with Crippen molar-refractivity contribution in [2.24, 2.45) is 11.8 Å². The smallest absolute Gasteiger partial charge is 0.159 e. The van der Waals surface area contributed by atoms with Crippen LogP contribution in [0.5, 0.6) is 5.75 Å². The number of benzene rings is 1. The van der Waals surface area contributed by atoms with Crippen molar-refractivity contribution in [3.8, 4) is 17.1 Å². The number of aryl methyl sites for hydroxylation is 1. The van der Waals surface area contributed by atoms with Gasteiger partial charge in [-0.3, -0.25) is 0 Å². The van der Waals surface area contributed by atoms with Gasteiger partial charge in [0.15, 0.2) is 5.82 Å². The van der Waals surface area contributed by atoms with Crippen LogP contribution in [0, 0.1) is 11.8 Å². The van der Waals surface area contributed by atoms with E-state index in [1.54, 1.807) is 0 Å². The SMILES string of the molecule is CCCCCC1CCc2nc(-c3ccc(OCC(CC)CCCC)cc3)ncc2C1. The third kappa shape index (κ3) is 6.55. The van der Waals surface area contributed by atoms with Crippen molar-refractivity contribution >= 4 is 0 Å². The summed E-state index contributed by atoms with van der Waals surface area (Å²) in [6.45, 7) is 7.60. The first-order chi connectivity index (χ1) is 14.7. The summed E-state index contributed by atoms with van der Waals surface area (Å²) in [5.74, 6) is 3.26. The van der Waals surface area contributed by atoms with Crippen molar-refractivity contribution in [1.82, 2.24) is 9.97 Å². The zero-order valence-electron chi connectivity index (χ0n) is 19.3. The minimum Gasteiger partial charge on any atom is -0.493 e. The molecule has 0 N–H and O–H groups in total. The van der Waals surface area contributed by atoms with Crippen molar-refractivity contribution in [3.05, 3.63) is 41.7 Å². The van der Waals surface area contributed by atoms with Crippen LogP contribution in [-0.4, -0.2) is 16.6 Å². The molecule has 3 rings (SSSR count). The number of unbranched alkanes of at least 4 members (excludes halogenated alkanes) is 3. The van der Waals surface area contributed by atoms with Crippen molar-refractivity contribution < 1.29 is 4.74 Å². The van der Waals surface area contributed by atoms with Gasteiger partial charge in [-0.15, -0.1) is 0 Å². The third-order valence-electron chi connectivity index (χ3n) is 6.61. The minimum atomic E-state index is 0.652. The van der Waals surface area contributed by atoms with Crippen LogP contribution < -0.4 is 4.74 Å². The highest BCUT2D eigenvalue weighted by atomic mass is 16.5. The van der Waals surface area contributed by atoms with Gasteiger partial charge in [-0.1, -0.05) is 65.7 Å². The predicted molar refractivity (Wildman–Crippen MR) is 126 cm³/mol. The molecule has 2 aromatic rings. The first-order valence-corrected chi connectivity index (χ1v) is 12.3. The highest BCUT2D eigenvalue weighted by molar-refractivity contribution is 5.56. The number of hydrogen-bond donors (Lipinski definition) is 0. The summed E-state index contributed by atoms with van der Waals surface area (Å²) < 4.78 is 6.05. The second-order valence-corrected chi connectivity index (χ2v) is 9.02. The van der Waals surface area contributed by atoms with Crippen LogP contribution in [0.3, 0.4) is 0 Å². The molecular formula is C27H40N2O. The van der Waals surface area contributed by atoms with E-state index < -0.39 is 0 Å². The lowest BCUT2D eigenvalue weighted by molar-refractivity contribution is 0.233. The molecule has 0 saturated carbocycles. The topological polar surface area (TPSA) is 35.0 Å². The number of fused-ring (bicyclic) bond motifs is 1. The zero-order valence-corrected chi connectivity index (χ0v) is 19.3. The Hall–Kier alpha value is -1.90. The fourth-order valence-corrected chi connectivity index (χ4v) is 4.46. The maximum Gasteiger partial charge on any atom is 0.159 e. The highest BCUT2D eigenvalue weighted by Crippen LogP contribution is 2.29. The average Bonchev–Trinajstić information content (AvgIpc) is 2.79. The summed E-state index contributed by atoms with van der Waals surface area (Å²) in [7, 11) is 0. The Balaban J connectivity index is 1.57. The molecule has 0 fully saturated rings. The van der Waals surface area contributed by atoms with E-state index in [0.717, 1.165) is 42.5 Å². The summed E-state index contributed by atoms with van der Waals surface area (Å²) in [6, 6.07) is 8.32. The fraction of sp³-hybridized carbons (Fsp3) is 0.630. The normalized spacial score (nSPS) is 16.8. The van der Waals surface area contributed by atoms with Gasteiger partial charge in [0.1, 0.15) is 5.75 Å². The van der Waals surface area contributed by atoms with E-state index in [4.69, 9.17) is 14.7 Å². The van der Waals surface area contributed by atoms with Gasteiger partial charge >= 0.3 is 0 Å². The molecule has 0 bridgehead atoms. The molecule has 1 aliphatic carbocycles. The lowest BCUT2D eigenvalue weighted by Gasteiger charge is -2.24. The van der Waals surface area contributed by atoms with Crippen LogP contribution in [0.1, 0.15) is 89.8 Å². The Morgan fingerprint density at radius 1 is 1.03 bits per heavy atom. The Morgan fingerprint density at radius 2 is 1.83 bits per heavy atom. The molecule has 1 aromatic heterocycles. The molecular weight excluding hydrogens is 368 g/mol. The molecule has 2 atom stereocenters. The first-order valence-electron chi connectivity index (χ1n) is 12.3. The predicted octanol–water partition coefficient (Wildman–Crippen LogP) is 7.42. The molecule has 0 amide bonds. The molecule has 0 saturated heterocycles. The number of nitrogens with zero attached hydrogens (tertiary/aromatic N) is 2. The van der Waals surface area contributed by atoms with Gasteiger partial charge in [-0.25, -0.2) is 9.97 Å². The Bertz CT molecular complexity index is 756. The summed E-state index contributed by atoms with van der Waals surface area (Å²) >= 11 is 0. The van der Waals surface area contributed by atoms with E-state index in [-0.39, 0.29) is 0 Å². The molecule has 3 heteroatoms. The van der Waals surface area contributed by atoms with Crippen molar-refractivity contribution in [3.63, 3.8) is 0 Å². The molecule has 3 nitrogen and oxygen atoms in total. The second kappa shape index (κ2) is 12.1. The minimum absolute atomic E-state index is 0.652. The van der Waals surface area contributed by atoms with Gasteiger partial charge in [0, 0.05) is 17.5 Å². The Morgan fingerprint density at radius 3 is 2.57 bits per heavy atom. The zero-order chi connectivity index (χ0) is 21.2. The Labute approximate surface area is 183 Å². The maximum absolute atomic E-state index is 6.05. The monoisotopic (exact) mass is 408 g/mol. The number of ether oxygens (including phenoxy) is 1. The molecule has 0 aliphatic heterocycles. The van der Waals surface area contributed by atoms with E-state index >= 15 is 0 Å². The van der Waals surface area contributed by atoms with Gasteiger partial charge < -0.3 is 4.74 Å². The quantitative estimate of drug-likeness (QED) is 0.343. The van der Waals surface area contributed by atoms with Gasteiger partial charge in [0.25, 0.3) is 0 Å². The molecule has 1 aromatic carbocycles. The molecule has 0 spiro atoms. The second-order valence-electron chi connectivity index (χ2n) is 9.02. The van der Waals surface area contributed by atoms with E-state index in [0.29, 0.717) is 5.92 Å². The molecule has 0 radical (unpaired) electrons. The van der Waals surface area contributed by atoms with Crippen LogP contribution in [0.25, 0.3) is 11.4 Å². The van der Waals surface area contributed by atoms with Gasteiger partial charge in [0.05, 0.1) is 6.61 Å². The number of rotatable bonds is 12. The molecule has 1 aliphatic rings. The standard InChI is InChI=1S/C27H40N2O/c1-4-7-9-11-22-12-17-26-24(18-22)19-28-27(29-26)23-13-15-25(16-14-23)30-20-21(6-3)10-8-5-2/h13-16,19,21-22H,4-12,17-18,20H2,1-3H3. The van der Waals surface area contributed by atoms with E-state index in [1.165, 1.54) is 69.0 Å². The lowest BCUT2D eigenvalue weighted by atomic mass is 9.84. The van der Waals surface area contributed by atoms with Gasteiger partial charge in [-0.2, -0.15) is 0 Å². The number of hydrogen-bond acceptors (Lipinski definition) is 3. The van der Waals surface area contributed by atoms with Gasteiger partial charge in [-0.05, 0) is 67.3 Å². The highest BCUT2D eigenvalue weighted by Gasteiger charge is 2.20. The lowest BCUT2D eigenvalue weighted by Crippen LogP contribution is -2.16. The molecule has 2 unspecified atom stereocenters. The third-order valence-corrected chi connectivity index (χ3v) is 6.61. The van der Waals surface area contributed by atoms with E-state index in [1.807, 2.05) is 0 Å². The van der Waals surface area contributed by atoms with Crippen molar-refractivity contribution in [1.29, 1.82) is 0 Å². The average molecular weight is 409 g/mol. The van der Waals surface area contributed by atoms with Crippen molar-refractivity contribution in [2.75, 3.05) is 6.61 Å². The van der Waals surface area contributed by atoms with Crippen LogP contribution >= 0.6 is 0 Å².